The topological polar surface area (TPSA) is 44.6 Å². The van der Waals surface area contributed by atoms with Gasteiger partial charge in [-0.1, -0.05) is 64.8 Å². The lowest BCUT2D eigenvalue weighted by Gasteiger charge is -2.13. The molecule has 0 unspecified atom stereocenters. The second-order valence-electron chi connectivity index (χ2n) is 5.56. The summed E-state index contributed by atoms with van der Waals surface area (Å²) in [5, 5.41) is 17.3. The van der Waals surface area contributed by atoms with Crippen LogP contribution in [0.15, 0.2) is 71.9 Å². The first-order chi connectivity index (χ1) is 12.1. The van der Waals surface area contributed by atoms with Crippen LogP contribution in [0.3, 0.4) is 0 Å². The lowest BCUT2D eigenvalue weighted by molar-refractivity contribution is 0.319. The molecule has 0 saturated carbocycles. The van der Waals surface area contributed by atoms with Crippen LogP contribution in [0, 0.1) is 6.92 Å². The number of nitrogens with one attached hydrogen (secondary N) is 1. The van der Waals surface area contributed by atoms with Crippen molar-refractivity contribution in [1.29, 1.82) is 0 Å². The average molecular weight is 371 g/mol. The molecule has 0 atom stereocenters. The van der Waals surface area contributed by atoms with Crippen LogP contribution in [0.4, 0.5) is 11.4 Å². The maximum Gasteiger partial charge on any atom is 0.118 e. The Bertz CT molecular complexity index is 938. The Labute approximate surface area is 156 Å². The van der Waals surface area contributed by atoms with Gasteiger partial charge >= 0.3 is 0 Å². The van der Waals surface area contributed by atoms with Crippen molar-refractivity contribution in [3.63, 3.8) is 0 Å². The van der Waals surface area contributed by atoms with Crippen molar-refractivity contribution in [3.8, 4) is 0 Å². The third-order valence-corrected chi connectivity index (χ3v) is 4.52. The SMILES string of the molecule is Cc1ccccc1C(=NO)c1ccc(Nc2ccccc2Cl)cc1Cl. The zero-order valence-electron chi connectivity index (χ0n) is 13.5. The summed E-state index contributed by atoms with van der Waals surface area (Å²) in [7, 11) is 0. The minimum absolute atomic E-state index is 0.437. The van der Waals surface area contributed by atoms with E-state index in [9.17, 15) is 5.21 Å². The van der Waals surface area contributed by atoms with E-state index in [1.165, 1.54) is 0 Å². The zero-order valence-corrected chi connectivity index (χ0v) is 15.0. The fourth-order valence-electron chi connectivity index (χ4n) is 2.59. The van der Waals surface area contributed by atoms with Gasteiger partial charge in [0.25, 0.3) is 0 Å². The van der Waals surface area contributed by atoms with Crippen LogP contribution in [0.5, 0.6) is 0 Å². The van der Waals surface area contributed by atoms with Crippen molar-refractivity contribution in [2.45, 2.75) is 6.92 Å². The molecular weight excluding hydrogens is 355 g/mol. The monoisotopic (exact) mass is 370 g/mol. The van der Waals surface area contributed by atoms with Crippen LogP contribution in [0.25, 0.3) is 0 Å². The molecule has 0 radical (unpaired) electrons. The minimum Gasteiger partial charge on any atom is -0.410 e. The molecule has 0 spiro atoms. The zero-order chi connectivity index (χ0) is 17.8. The molecule has 3 rings (SSSR count). The number of anilines is 2. The van der Waals surface area contributed by atoms with Gasteiger partial charge in [-0.3, -0.25) is 0 Å². The fraction of sp³-hybridized carbons (Fsp3) is 0.0500. The Kier molecular flexibility index (Phi) is 5.27. The van der Waals surface area contributed by atoms with E-state index >= 15 is 0 Å². The van der Waals surface area contributed by atoms with Crippen molar-refractivity contribution in [2.75, 3.05) is 5.32 Å². The van der Waals surface area contributed by atoms with Gasteiger partial charge in [0.05, 0.1) is 15.7 Å². The molecule has 3 aromatic rings. The second kappa shape index (κ2) is 7.60. The van der Waals surface area contributed by atoms with E-state index in [-0.39, 0.29) is 0 Å². The predicted molar refractivity (Wildman–Crippen MR) is 105 cm³/mol. The van der Waals surface area contributed by atoms with Crippen molar-refractivity contribution in [2.24, 2.45) is 5.16 Å². The summed E-state index contributed by atoms with van der Waals surface area (Å²) in [6.07, 6.45) is 0. The number of halogens is 2. The van der Waals surface area contributed by atoms with Crippen molar-refractivity contribution >= 4 is 40.3 Å². The number of nitrogens with zero attached hydrogens (tertiary/aromatic N) is 1. The molecule has 0 aliphatic rings. The smallest absolute Gasteiger partial charge is 0.118 e. The largest absolute Gasteiger partial charge is 0.410 e. The molecular formula is C20H16Cl2N2O. The summed E-state index contributed by atoms with van der Waals surface area (Å²) in [4.78, 5) is 0. The molecule has 0 amide bonds. The van der Waals surface area contributed by atoms with E-state index in [4.69, 9.17) is 23.2 Å². The molecule has 25 heavy (non-hydrogen) atoms. The Hall–Kier alpha value is -2.49. The maximum absolute atomic E-state index is 9.52. The highest BCUT2D eigenvalue weighted by Crippen LogP contribution is 2.29. The molecule has 0 fully saturated rings. The van der Waals surface area contributed by atoms with Gasteiger partial charge in [0.15, 0.2) is 0 Å². The first-order valence-corrected chi connectivity index (χ1v) is 8.45. The van der Waals surface area contributed by atoms with Crippen LogP contribution in [-0.2, 0) is 0 Å². The van der Waals surface area contributed by atoms with E-state index in [0.717, 1.165) is 22.5 Å². The third kappa shape index (κ3) is 3.78. The highest BCUT2D eigenvalue weighted by molar-refractivity contribution is 6.36. The average Bonchev–Trinajstić information content (AvgIpc) is 2.61. The Morgan fingerprint density at radius 2 is 1.60 bits per heavy atom. The summed E-state index contributed by atoms with van der Waals surface area (Å²) in [5.74, 6) is 0. The van der Waals surface area contributed by atoms with E-state index in [1.807, 2.05) is 67.6 Å². The lowest BCUT2D eigenvalue weighted by Crippen LogP contribution is -2.06. The van der Waals surface area contributed by atoms with Crippen LogP contribution >= 0.6 is 23.2 Å². The number of benzene rings is 3. The van der Waals surface area contributed by atoms with Gasteiger partial charge in [0, 0.05) is 16.8 Å². The lowest BCUT2D eigenvalue weighted by atomic mass is 9.98. The quantitative estimate of drug-likeness (QED) is 0.322. The maximum atomic E-state index is 9.52. The fourth-order valence-corrected chi connectivity index (χ4v) is 3.05. The Balaban J connectivity index is 1.94. The van der Waals surface area contributed by atoms with Crippen LogP contribution in [0.1, 0.15) is 16.7 Å². The summed E-state index contributed by atoms with van der Waals surface area (Å²) >= 11 is 12.6. The molecule has 126 valence electrons. The van der Waals surface area contributed by atoms with Gasteiger partial charge in [-0.2, -0.15) is 0 Å². The standard InChI is InChI=1S/C20H16Cl2N2O/c1-13-6-2-3-7-15(13)20(24-25)16-11-10-14(12-18(16)22)23-19-9-5-4-8-17(19)21/h2-12,23,25H,1H3. The first kappa shape index (κ1) is 17.3. The number of rotatable bonds is 4. The van der Waals surface area contributed by atoms with E-state index in [0.29, 0.717) is 21.3 Å². The van der Waals surface area contributed by atoms with Gasteiger partial charge in [-0.05, 0) is 42.8 Å². The Morgan fingerprint density at radius 3 is 2.28 bits per heavy atom. The number of para-hydroxylation sites is 1. The van der Waals surface area contributed by atoms with Gasteiger partial charge in [0.1, 0.15) is 5.71 Å². The van der Waals surface area contributed by atoms with Gasteiger partial charge in [0.2, 0.25) is 0 Å². The van der Waals surface area contributed by atoms with E-state index in [2.05, 4.69) is 10.5 Å². The molecule has 0 aliphatic heterocycles. The molecule has 0 heterocycles. The highest BCUT2D eigenvalue weighted by Gasteiger charge is 2.14. The van der Waals surface area contributed by atoms with Crippen molar-refractivity contribution < 1.29 is 5.21 Å². The second-order valence-corrected chi connectivity index (χ2v) is 6.38. The summed E-state index contributed by atoms with van der Waals surface area (Å²) in [6.45, 7) is 1.96. The number of hydrogen-bond donors (Lipinski definition) is 2. The summed E-state index contributed by atoms with van der Waals surface area (Å²) in [5.41, 5.74) is 4.52. The van der Waals surface area contributed by atoms with Crippen LogP contribution in [-0.4, -0.2) is 10.9 Å². The molecule has 0 saturated heterocycles. The molecule has 5 heteroatoms. The van der Waals surface area contributed by atoms with E-state index < -0.39 is 0 Å². The first-order valence-electron chi connectivity index (χ1n) is 7.69. The number of aryl methyl sites for hydroxylation is 1. The summed E-state index contributed by atoms with van der Waals surface area (Å²) < 4.78 is 0. The van der Waals surface area contributed by atoms with Gasteiger partial charge in [-0.15, -0.1) is 0 Å². The molecule has 2 N–H and O–H groups in total. The Morgan fingerprint density at radius 1 is 0.880 bits per heavy atom. The van der Waals surface area contributed by atoms with Crippen LogP contribution in [0.2, 0.25) is 10.0 Å². The van der Waals surface area contributed by atoms with E-state index in [1.54, 1.807) is 6.07 Å². The predicted octanol–water partition coefficient (Wildman–Crippen LogP) is 6.27. The number of hydrogen-bond acceptors (Lipinski definition) is 3. The van der Waals surface area contributed by atoms with Crippen LogP contribution < -0.4 is 5.32 Å². The molecule has 0 bridgehead atoms. The molecule has 0 aliphatic carbocycles. The van der Waals surface area contributed by atoms with Crippen molar-refractivity contribution in [3.05, 3.63) is 93.5 Å². The molecule has 0 aromatic heterocycles. The molecule has 3 nitrogen and oxygen atoms in total. The van der Waals surface area contributed by atoms with Gasteiger partial charge in [-0.25, -0.2) is 0 Å². The third-order valence-electron chi connectivity index (χ3n) is 3.88. The highest BCUT2D eigenvalue weighted by atomic mass is 35.5. The normalized spacial score (nSPS) is 11.4. The van der Waals surface area contributed by atoms with Gasteiger partial charge < -0.3 is 10.5 Å². The van der Waals surface area contributed by atoms with Crippen molar-refractivity contribution in [1.82, 2.24) is 0 Å². The summed E-state index contributed by atoms with van der Waals surface area (Å²) in [6, 6.07) is 20.6. The molecule has 3 aromatic carbocycles. The number of oxime groups is 1. The minimum atomic E-state index is 0.437.